The van der Waals surface area contributed by atoms with E-state index in [-0.39, 0.29) is 6.54 Å². The quantitative estimate of drug-likeness (QED) is 0.681. The molecule has 8 nitrogen and oxygen atoms in total. The standard InChI is InChI=1S/C16H21N3O5/c1-16(2,3)19-15(23)18-12(20)10-24-13(21)9-17-14(22)11-7-5-4-6-8-11/h4-8H,9-10H2,1-3H3,(H,17,22)(H2,18,19,20,23). The fourth-order valence-electron chi connectivity index (χ4n) is 1.58. The molecular weight excluding hydrogens is 314 g/mol. The molecule has 3 N–H and O–H groups in total. The molecule has 1 aromatic carbocycles. The Balaban J connectivity index is 2.27. The van der Waals surface area contributed by atoms with E-state index in [1.165, 1.54) is 0 Å². The van der Waals surface area contributed by atoms with Crippen LogP contribution in [-0.2, 0) is 14.3 Å². The molecule has 0 aliphatic heterocycles. The van der Waals surface area contributed by atoms with Gasteiger partial charge in [0.15, 0.2) is 6.61 Å². The van der Waals surface area contributed by atoms with Gasteiger partial charge in [-0.1, -0.05) is 18.2 Å². The van der Waals surface area contributed by atoms with Gasteiger partial charge in [0.25, 0.3) is 11.8 Å². The predicted octanol–water partition coefficient (Wildman–Crippen LogP) is 0.584. The van der Waals surface area contributed by atoms with Crippen LogP contribution in [-0.4, -0.2) is 42.5 Å². The number of urea groups is 1. The van der Waals surface area contributed by atoms with E-state index in [0.29, 0.717) is 5.56 Å². The molecule has 0 spiro atoms. The van der Waals surface area contributed by atoms with Crippen LogP contribution in [0.25, 0.3) is 0 Å². The molecule has 24 heavy (non-hydrogen) atoms. The maximum absolute atomic E-state index is 11.7. The molecule has 0 heterocycles. The summed E-state index contributed by atoms with van der Waals surface area (Å²) in [6.45, 7) is 4.28. The van der Waals surface area contributed by atoms with E-state index >= 15 is 0 Å². The first-order chi connectivity index (χ1) is 11.2. The average Bonchev–Trinajstić information content (AvgIpc) is 2.49. The summed E-state index contributed by atoms with van der Waals surface area (Å²) in [5.41, 5.74) is -0.0927. The second kappa shape index (κ2) is 8.66. The summed E-state index contributed by atoms with van der Waals surface area (Å²) in [6, 6.07) is 7.67. The number of rotatable bonds is 5. The van der Waals surface area contributed by atoms with Crippen LogP contribution >= 0.6 is 0 Å². The first kappa shape index (κ1) is 19.1. The zero-order chi connectivity index (χ0) is 18.2. The second-order valence-electron chi connectivity index (χ2n) is 5.96. The topological polar surface area (TPSA) is 114 Å². The van der Waals surface area contributed by atoms with Crippen molar-refractivity contribution in [1.29, 1.82) is 0 Å². The maximum atomic E-state index is 11.7. The lowest BCUT2D eigenvalue weighted by atomic mass is 10.1. The summed E-state index contributed by atoms with van der Waals surface area (Å²) < 4.78 is 4.68. The summed E-state index contributed by atoms with van der Waals surface area (Å²) in [5.74, 6) is -1.98. The van der Waals surface area contributed by atoms with Crippen LogP contribution in [0.2, 0.25) is 0 Å². The highest BCUT2D eigenvalue weighted by Gasteiger charge is 2.16. The van der Waals surface area contributed by atoms with Crippen molar-refractivity contribution in [2.45, 2.75) is 26.3 Å². The molecule has 8 heteroatoms. The van der Waals surface area contributed by atoms with E-state index in [1.54, 1.807) is 51.1 Å². The molecule has 0 aliphatic carbocycles. The Morgan fingerprint density at radius 3 is 2.25 bits per heavy atom. The molecule has 0 bridgehead atoms. The number of nitrogens with one attached hydrogen (secondary N) is 3. The van der Waals surface area contributed by atoms with Gasteiger partial charge >= 0.3 is 12.0 Å². The van der Waals surface area contributed by atoms with Crippen molar-refractivity contribution in [1.82, 2.24) is 16.0 Å². The highest BCUT2D eigenvalue weighted by molar-refractivity contribution is 5.97. The van der Waals surface area contributed by atoms with Crippen molar-refractivity contribution >= 4 is 23.8 Å². The van der Waals surface area contributed by atoms with Gasteiger partial charge in [-0.3, -0.25) is 19.7 Å². The van der Waals surface area contributed by atoms with Crippen LogP contribution in [0.15, 0.2) is 30.3 Å². The van der Waals surface area contributed by atoms with E-state index in [2.05, 4.69) is 15.4 Å². The first-order valence-electron chi connectivity index (χ1n) is 7.28. The van der Waals surface area contributed by atoms with Gasteiger partial charge in [0, 0.05) is 11.1 Å². The molecule has 0 saturated heterocycles. The third-order valence-corrected chi connectivity index (χ3v) is 2.53. The van der Waals surface area contributed by atoms with E-state index in [9.17, 15) is 19.2 Å². The SMILES string of the molecule is CC(C)(C)NC(=O)NC(=O)COC(=O)CNC(=O)c1ccccc1. The second-order valence-corrected chi connectivity index (χ2v) is 5.96. The van der Waals surface area contributed by atoms with Crippen molar-refractivity contribution in [2.24, 2.45) is 0 Å². The molecule has 1 aromatic rings. The first-order valence-corrected chi connectivity index (χ1v) is 7.28. The fourth-order valence-corrected chi connectivity index (χ4v) is 1.58. The van der Waals surface area contributed by atoms with Crippen molar-refractivity contribution < 1.29 is 23.9 Å². The van der Waals surface area contributed by atoms with Crippen LogP contribution in [0.3, 0.4) is 0 Å². The van der Waals surface area contributed by atoms with Crippen LogP contribution < -0.4 is 16.0 Å². The number of imide groups is 1. The van der Waals surface area contributed by atoms with Gasteiger partial charge in [-0.15, -0.1) is 0 Å². The minimum Gasteiger partial charge on any atom is -0.454 e. The van der Waals surface area contributed by atoms with E-state index in [1.807, 2.05) is 5.32 Å². The number of ether oxygens (including phenoxy) is 1. The van der Waals surface area contributed by atoms with Crippen LogP contribution in [0.5, 0.6) is 0 Å². The highest BCUT2D eigenvalue weighted by atomic mass is 16.5. The normalized spacial score (nSPS) is 10.5. The van der Waals surface area contributed by atoms with Crippen molar-refractivity contribution in [2.75, 3.05) is 13.2 Å². The van der Waals surface area contributed by atoms with Gasteiger partial charge in [0.2, 0.25) is 0 Å². The molecule has 0 atom stereocenters. The Kier molecular flexibility index (Phi) is 6.91. The van der Waals surface area contributed by atoms with Gasteiger partial charge in [-0.05, 0) is 32.9 Å². The smallest absolute Gasteiger partial charge is 0.325 e. The lowest BCUT2D eigenvalue weighted by molar-refractivity contribution is -0.147. The van der Waals surface area contributed by atoms with Crippen LogP contribution in [0.1, 0.15) is 31.1 Å². The van der Waals surface area contributed by atoms with Crippen molar-refractivity contribution in [3.8, 4) is 0 Å². The molecule has 0 unspecified atom stereocenters. The fraction of sp³-hybridized carbons (Fsp3) is 0.375. The highest BCUT2D eigenvalue weighted by Crippen LogP contribution is 1.98. The molecule has 0 radical (unpaired) electrons. The zero-order valence-electron chi connectivity index (χ0n) is 13.8. The average molecular weight is 335 g/mol. The summed E-state index contributed by atoms with van der Waals surface area (Å²) >= 11 is 0. The van der Waals surface area contributed by atoms with E-state index < -0.39 is 36.0 Å². The Hall–Kier alpha value is -2.90. The monoisotopic (exact) mass is 335 g/mol. The molecule has 0 aromatic heterocycles. The molecule has 1 rings (SSSR count). The largest absolute Gasteiger partial charge is 0.454 e. The van der Waals surface area contributed by atoms with Crippen molar-refractivity contribution in [3.05, 3.63) is 35.9 Å². The van der Waals surface area contributed by atoms with Gasteiger partial charge in [0.05, 0.1) is 0 Å². The molecule has 0 fully saturated rings. The maximum Gasteiger partial charge on any atom is 0.325 e. The number of esters is 1. The number of carbonyl (C=O) groups excluding carboxylic acids is 4. The number of amides is 4. The van der Waals surface area contributed by atoms with Crippen molar-refractivity contribution in [3.63, 3.8) is 0 Å². The Bertz CT molecular complexity index is 608. The lowest BCUT2D eigenvalue weighted by Gasteiger charge is -2.20. The molecule has 0 aliphatic rings. The summed E-state index contributed by atoms with van der Waals surface area (Å²) in [6.07, 6.45) is 0. The Morgan fingerprint density at radius 2 is 1.67 bits per heavy atom. The number of hydrogen-bond donors (Lipinski definition) is 3. The van der Waals surface area contributed by atoms with Crippen LogP contribution in [0.4, 0.5) is 4.79 Å². The van der Waals surface area contributed by atoms with Gasteiger partial charge in [0.1, 0.15) is 6.54 Å². The predicted molar refractivity (Wildman–Crippen MR) is 86.2 cm³/mol. The summed E-state index contributed by atoms with van der Waals surface area (Å²) in [4.78, 5) is 46.1. The third kappa shape index (κ3) is 7.92. The lowest BCUT2D eigenvalue weighted by Crippen LogP contribution is -2.49. The molecular formula is C16H21N3O5. The zero-order valence-corrected chi connectivity index (χ0v) is 13.8. The summed E-state index contributed by atoms with van der Waals surface area (Å²) in [5, 5.41) is 6.93. The summed E-state index contributed by atoms with van der Waals surface area (Å²) in [7, 11) is 0. The van der Waals surface area contributed by atoms with E-state index in [4.69, 9.17) is 0 Å². The number of benzene rings is 1. The van der Waals surface area contributed by atoms with Gasteiger partial charge in [-0.25, -0.2) is 4.79 Å². The van der Waals surface area contributed by atoms with Gasteiger partial charge in [-0.2, -0.15) is 0 Å². The number of hydrogen-bond acceptors (Lipinski definition) is 5. The minimum atomic E-state index is -0.786. The van der Waals surface area contributed by atoms with Crippen LogP contribution in [0, 0.1) is 0 Å². The Morgan fingerprint density at radius 1 is 1.04 bits per heavy atom. The minimum absolute atomic E-state index is 0.380. The molecule has 130 valence electrons. The molecule has 0 saturated carbocycles. The number of carbonyl (C=O) groups is 4. The Labute approximate surface area is 139 Å². The molecule has 4 amide bonds. The van der Waals surface area contributed by atoms with Gasteiger partial charge < -0.3 is 15.4 Å². The third-order valence-electron chi connectivity index (χ3n) is 2.53. The van der Waals surface area contributed by atoms with E-state index in [0.717, 1.165) is 0 Å².